The van der Waals surface area contributed by atoms with Gasteiger partial charge in [-0.25, -0.2) is 4.68 Å². The average molecular weight is 364 g/mol. The van der Waals surface area contributed by atoms with Crippen molar-refractivity contribution in [3.05, 3.63) is 77.6 Å². The van der Waals surface area contributed by atoms with Crippen molar-refractivity contribution < 1.29 is 9.80 Å². The summed E-state index contributed by atoms with van der Waals surface area (Å²) in [4.78, 5) is 3.16. The van der Waals surface area contributed by atoms with Gasteiger partial charge in [0.1, 0.15) is 26.2 Å². The molecular weight excluding hydrogens is 336 g/mol. The maximum Gasteiger partial charge on any atom is 0.214 e. The number of hydrogen-bond donors (Lipinski definition) is 2. The minimum absolute atomic E-state index is 0.185. The van der Waals surface area contributed by atoms with Gasteiger partial charge in [-0.3, -0.25) is 0 Å². The number of tetrazole rings is 1. The molecular formula is C21H28N6+2. The van der Waals surface area contributed by atoms with E-state index in [9.17, 15) is 0 Å². The van der Waals surface area contributed by atoms with Crippen LogP contribution in [0.1, 0.15) is 23.0 Å². The number of rotatable bonds is 6. The van der Waals surface area contributed by atoms with Gasteiger partial charge in [0.25, 0.3) is 0 Å². The summed E-state index contributed by atoms with van der Waals surface area (Å²) >= 11 is 0. The fraction of sp³-hybridized carbons (Fsp3) is 0.381. The molecule has 2 heterocycles. The van der Waals surface area contributed by atoms with Gasteiger partial charge in [-0.1, -0.05) is 60.7 Å². The lowest BCUT2D eigenvalue weighted by Gasteiger charge is -2.32. The number of hydrogen-bond acceptors (Lipinski definition) is 3. The summed E-state index contributed by atoms with van der Waals surface area (Å²) in [6.45, 7) is 5.44. The Kier molecular flexibility index (Phi) is 5.55. The monoisotopic (exact) mass is 364 g/mol. The molecule has 0 bridgehead atoms. The maximum absolute atomic E-state index is 4.47. The van der Waals surface area contributed by atoms with Crippen LogP contribution in [0.4, 0.5) is 0 Å². The molecule has 0 amide bonds. The van der Waals surface area contributed by atoms with E-state index < -0.39 is 0 Å². The smallest absolute Gasteiger partial charge is 0.214 e. The third kappa shape index (κ3) is 4.23. The van der Waals surface area contributed by atoms with Gasteiger partial charge < -0.3 is 9.80 Å². The minimum Gasteiger partial charge on any atom is -0.328 e. The number of quaternary nitrogens is 2. The number of aromatic nitrogens is 4. The molecule has 4 rings (SSSR count). The van der Waals surface area contributed by atoms with Crippen LogP contribution in [0, 0.1) is 0 Å². The van der Waals surface area contributed by atoms with Gasteiger partial charge in [0.15, 0.2) is 6.04 Å². The van der Waals surface area contributed by atoms with E-state index >= 15 is 0 Å². The highest BCUT2D eigenvalue weighted by Gasteiger charge is 2.34. The molecule has 1 aliphatic rings. The first-order valence-electron chi connectivity index (χ1n) is 9.82. The fourth-order valence-electron chi connectivity index (χ4n) is 3.96. The first-order chi connectivity index (χ1) is 13.3. The molecule has 0 radical (unpaired) electrons. The fourth-order valence-corrected chi connectivity index (χ4v) is 3.96. The van der Waals surface area contributed by atoms with Crippen LogP contribution in [0.5, 0.6) is 0 Å². The summed E-state index contributed by atoms with van der Waals surface area (Å²) in [6, 6.07) is 21.4. The van der Waals surface area contributed by atoms with E-state index in [1.165, 1.54) is 24.2 Å². The predicted octanol–water partition coefficient (Wildman–Crippen LogP) is -0.582. The predicted molar refractivity (Wildman–Crippen MR) is 104 cm³/mol. The number of nitrogens with one attached hydrogen (secondary N) is 2. The summed E-state index contributed by atoms with van der Waals surface area (Å²) in [5.74, 6) is 0.978. The topological polar surface area (TPSA) is 52.5 Å². The van der Waals surface area contributed by atoms with Crippen LogP contribution in [0.2, 0.25) is 0 Å². The first-order valence-corrected chi connectivity index (χ1v) is 9.82. The Labute approximate surface area is 160 Å². The molecule has 27 heavy (non-hydrogen) atoms. The largest absolute Gasteiger partial charge is 0.328 e. The zero-order valence-corrected chi connectivity index (χ0v) is 15.9. The molecule has 1 atom stereocenters. The molecule has 2 aromatic carbocycles. The molecule has 1 fully saturated rings. The molecule has 1 aromatic heterocycles. The van der Waals surface area contributed by atoms with Gasteiger partial charge in [-0.15, -0.1) is 5.10 Å². The van der Waals surface area contributed by atoms with Crippen LogP contribution in [0.15, 0.2) is 60.7 Å². The Bertz CT molecular complexity index is 824. The normalized spacial score (nSPS) is 21.1. The molecule has 6 nitrogen and oxygen atoms in total. The van der Waals surface area contributed by atoms with Crippen molar-refractivity contribution in [1.82, 2.24) is 20.2 Å². The first kappa shape index (κ1) is 17.8. The van der Waals surface area contributed by atoms with Crippen molar-refractivity contribution in [2.45, 2.75) is 19.0 Å². The lowest BCUT2D eigenvalue weighted by Crippen LogP contribution is -3.27. The Morgan fingerprint density at radius 3 is 2.30 bits per heavy atom. The van der Waals surface area contributed by atoms with Crippen molar-refractivity contribution in [2.75, 3.05) is 33.2 Å². The molecule has 0 spiro atoms. The number of aryl methyl sites for hydroxylation is 2. The molecule has 1 aliphatic heterocycles. The highest BCUT2D eigenvalue weighted by atomic mass is 15.5. The number of nitrogens with zero attached hydrogens (tertiary/aromatic N) is 4. The zero-order valence-electron chi connectivity index (χ0n) is 15.9. The van der Waals surface area contributed by atoms with Crippen molar-refractivity contribution in [3.8, 4) is 0 Å². The van der Waals surface area contributed by atoms with Crippen molar-refractivity contribution in [1.29, 1.82) is 0 Å². The van der Waals surface area contributed by atoms with Gasteiger partial charge in [-0.2, -0.15) is 0 Å². The van der Waals surface area contributed by atoms with Crippen LogP contribution in [-0.4, -0.2) is 53.4 Å². The second kappa shape index (κ2) is 8.41. The molecule has 0 aliphatic carbocycles. The van der Waals surface area contributed by atoms with E-state index in [0.29, 0.717) is 0 Å². The van der Waals surface area contributed by atoms with Crippen molar-refractivity contribution >= 4 is 0 Å². The molecule has 0 unspecified atom stereocenters. The van der Waals surface area contributed by atoms with E-state index in [1.54, 1.807) is 9.80 Å². The molecule has 3 aromatic rings. The van der Waals surface area contributed by atoms with Crippen molar-refractivity contribution in [2.24, 2.45) is 0 Å². The van der Waals surface area contributed by atoms with E-state index in [1.807, 2.05) is 4.68 Å². The standard InChI is InChI=1S/C21H26N6/c1-25-14-16-26(17-15-25)20(19-10-6-3-7-11-19)21-22-23-24-27(21)13-12-18-8-4-2-5-9-18/h2-11,20H,12-17H2,1H3/p+2/t20-/m0/s1. The van der Waals surface area contributed by atoms with Gasteiger partial charge in [-0.05, 0) is 22.4 Å². The SMILES string of the molecule is C[NH+]1CC[NH+]([C@@H](c2ccccc2)c2nnnn2CCc2ccccc2)CC1. The van der Waals surface area contributed by atoms with Crippen LogP contribution >= 0.6 is 0 Å². The summed E-state index contributed by atoms with van der Waals surface area (Å²) < 4.78 is 2.00. The Hall–Kier alpha value is -2.57. The Morgan fingerprint density at radius 2 is 1.59 bits per heavy atom. The van der Waals surface area contributed by atoms with Crippen LogP contribution in [0.25, 0.3) is 0 Å². The maximum atomic E-state index is 4.47. The minimum atomic E-state index is 0.185. The van der Waals surface area contributed by atoms with Crippen molar-refractivity contribution in [3.63, 3.8) is 0 Å². The van der Waals surface area contributed by atoms with Gasteiger partial charge in [0.2, 0.25) is 5.82 Å². The van der Waals surface area contributed by atoms with Crippen LogP contribution in [0.3, 0.4) is 0 Å². The quantitative estimate of drug-likeness (QED) is 0.615. The second-order valence-electron chi connectivity index (χ2n) is 7.45. The summed E-state index contributed by atoms with van der Waals surface area (Å²) in [6.07, 6.45) is 0.933. The molecule has 6 heteroatoms. The summed E-state index contributed by atoms with van der Waals surface area (Å²) in [7, 11) is 2.28. The molecule has 1 saturated heterocycles. The average Bonchev–Trinajstić information content (AvgIpc) is 3.18. The number of likely N-dealkylation sites (N-methyl/N-ethyl adjacent to an activating group) is 1. The molecule has 140 valence electrons. The van der Waals surface area contributed by atoms with Gasteiger partial charge in [0.05, 0.1) is 7.05 Å². The molecule has 0 saturated carbocycles. The third-order valence-electron chi connectivity index (χ3n) is 5.56. The van der Waals surface area contributed by atoms with Crippen LogP contribution < -0.4 is 9.80 Å². The second-order valence-corrected chi connectivity index (χ2v) is 7.45. The highest BCUT2D eigenvalue weighted by Crippen LogP contribution is 2.17. The van der Waals surface area contributed by atoms with E-state index in [2.05, 4.69) is 83.2 Å². The number of piperazine rings is 1. The van der Waals surface area contributed by atoms with Gasteiger partial charge >= 0.3 is 0 Å². The van der Waals surface area contributed by atoms with Gasteiger partial charge in [0, 0.05) is 12.1 Å². The highest BCUT2D eigenvalue weighted by molar-refractivity contribution is 5.22. The number of benzene rings is 2. The van der Waals surface area contributed by atoms with E-state index in [-0.39, 0.29) is 6.04 Å². The Balaban J connectivity index is 1.60. The molecule has 2 N–H and O–H groups in total. The lowest BCUT2D eigenvalue weighted by molar-refractivity contribution is -1.02. The zero-order chi connectivity index (χ0) is 18.5. The van der Waals surface area contributed by atoms with Crippen LogP contribution in [-0.2, 0) is 13.0 Å². The van der Waals surface area contributed by atoms with E-state index in [4.69, 9.17) is 0 Å². The summed E-state index contributed by atoms with van der Waals surface area (Å²) in [5, 5.41) is 12.8. The third-order valence-corrected chi connectivity index (χ3v) is 5.56. The van der Waals surface area contributed by atoms with E-state index in [0.717, 1.165) is 31.9 Å². The lowest BCUT2D eigenvalue weighted by atomic mass is 10.0. The Morgan fingerprint density at radius 1 is 0.926 bits per heavy atom. The summed E-state index contributed by atoms with van der Waals surface area (Å²) in [5.41, 5.74) is 2.61.